The summed E-state index contributed by atoms with van der Waals surface area (Å²) in [4.78, 5) is 25.7. The number of carbonyl (C=O) groups excluding carboxylic acids is 1. The molecular formula is C26H25FN2O2. The van der Waals surface area contributed by atoms with Gasteiger partial charge in [-0.1, -0.05) is 56.2 Å². The minimum absolute atomic E-state index is 0.0984. The Balaban J connectivity index is 1.96. The molecule has 2 aromatic carbocycles. The lowest BCUT2D eigenvalue weighted by atomic mass is 9.92. The first-order valence-corrected chi connectivity index (χ1v) is 10.5. The predicted molar refractivity (Wildman–Crippen MR) is 119 cm³/mol. The number of ketones is 1. The van der Waals surface area contributed by atoms with Crippen molar-refractivity contribution in [2.45, 2.75) is 39.0 Å². The molecule has 3 rings (SSSR count). The van der Waals surface area contributed by atoms with E-state index in [0.717, 1.165) is 31.2 Å². The quantitative estimate of drug-likeness (QED) is 0.373. The number of nitrogens with zero attached hydrogens (tertiary/aromatic N) is 2. The Morgan fingerprint density at radius 2 is 1.84 bits per heavy atom. The Bertz CT molecular complexity index is 1200. The largest absolute Gasteiger partial charge is 0.318 e. The number of aryl methyl sites for hydroxylation is 2. The van der Waals surface area contributed by atoms with Crippen molar-refractivity contribution in [3.8, 4) is 17.2 Å². The molecule has 0 N–H and O–H groups in total. The van der Waals surface area contributed by atoms with Gasteiger partial charge in [-0.25, -0.2) is 4.39 Å². The molecule has 0 aliphatic carbocycles. The number of hydrogen-bond donors (Lipinski definition) is 0. The second-order valence-electron chi connectivity index (χ2n) is 7.67. The zero-order chi connectivity index (χ0) is 22.4. The number of halogens is 1. The van der Waals surface area contributed by atoms with Gasteiger partial charge < -0.3 is 4.57 Å². The topological polar surface area (TPSA) is 62.9 Å². The van der Waals surface area contributed by atoms with Crippen LogP contribution in [0.5, 0.6) is 0 Å². The average molecular weight is 416 g/mol. The molecule has 31 heavy (non-hydrogen) atoms. The van der Waals surface area contributed by atoms with Crippen LogP contribution in [-0.2, 0) is 19.9 Å². The molecule has 158 valence electrons. The number of benzene rings is 2. The molecule has 0 radical (unpaired) electrons. The summed E-state index contributed by atoms with van der Waals surface area (Å²) in [7, 11) is 1.64. The van der Waals surface area contributed by atoms with Gasteiger partial charge in [-0.3, -0.25) is 9.59 Å². The van der Waals surface area contributed by atoms with Gasteiger partial charge in [0, 0.05) is 30.8 Å². The summed E-state index contributed by atoms with van der Waals surface area (Å²) in [6, 6.07) is 15.1. The number of carbonyl (C=O) groups is 1. The molecule has 0 saturated heterocycles. The van der Waals surface area contributed by atoms with Gasteiger partial charge in [0.15, 0.2) is 5.78 Å². The summed E-state index contributed by atoms with van der Waals surface area (Å²) in [5.74, 6) is -0.781. The van der Waals surface area contributed by atoms with E-state index in [1.54, 1.807) is 55.7 Å². The summed E-state index contributed by atoms with van der Waals surface area (Å²) in [5, 5.41) is 9.75. The van der Waals surface area contributed by atoms with Crippen molar-refractivity contribution < 1.29 is 9.18 Å². The van der Waals surface area contributed by atoms with Crippen LogP contribution < -0.4 is 5.56 Å². The van der Waals surface area contributed by atoms with Crippen molar-refractivity contribution in [3.63, 3.8) is 0 Å². The number of Topliss-reactive ketones (excluding diaryl/α,β-unsaturated/α-hetero) is 1. The molecule has 0 bridgehead atoms. The molecule has 0 fully saturated rings. The number of aromatic nitrogens is 1. The van der Waals surface area contributed by atoms with E-state index >= 15 is 0 Å². The number of rotatable bonds is 8. The Morgan fingerprint density at radius 3 is 2.55 bits per heavy atom. The van der Waals surface area contributed by atoms with E-state index in [1.165, 1.54) is 10.6 Å². The van der Waals surface area contributed by atoms with Gasteiger partial charge in [0.2, 0.25) is 0 Å². The fourth-order valence-corrected chi connectivity index (χ4v) is 3.75. The summed E-state index contributed by atoms with van der Waals surface area (Å²) in [6.07, 6.45) is 5.64. The van der Waals surface area contributed by atoms with E-state index in [4.69, 9.17) is 0 Å². The van der Waals surface area contributed by atoms with Gasteiger partial charge in [-0.15, -0.1) is 0 Å². The lowest BCUT2D eigenvalue weighted by molar-refractivity contribution is 0.0991. The van der Waals surface area contributed by atoms with E-state index < -0.39 is 5.82 Å². The van der Waals surface area contributed by atoms with Crippen molar-refractivity contribution in [2.75, 3.05) is 0 Å². The summed E-state index contributed by atoms with van der Waals surface area (Å²) >= 11 is 0. The molecule has 3 aromatic rings. The molecule has 4 nitrogen and oxygen atoms in total. The third kappa shape index (κ3) is 4.97. The zero-order valence-electron chi connectivity index (χ0n) is 17.8. The fraction of sp³-hybridized carbons (Fsp3) is 0.269. The number of nitriles is 1. The summed E-state index contributed by atoms with van der Waals surface area (Å²) in [5.41, 5.74) is 2.18. The van der Waals surface area contributed by atoms with Crippen LogP contribution in [0.1, 0.15) is 53.2 Å². The first-order valence-electron chi connectivity index (χ1n) is 10.5. The molecule has 1 aromatic heterocycles. The maximum Gasteiger partial charge on any atom is 0.261 e. The smallest absolute Gasteiger partial charge is 0.261 e. The van der Waals surface area contributed by atoms with Crippen LogP contribution in [-0.4, -0.2) is 10.4 Å². The molecule has 0 amide bonds. The normalized spacial score (nSPS) is 10.6. The average Bonchev–Trinajstić information content (AvgIpc) is 2.76. The van der Waals surface area contributed by atoms with E-state index in [0.29, 0.717) is 16.7 Å². The SMILES string of the molecule is CCCCCc1cc(C(=O)Cc2cccc(-c3ccccc3F)c2C#N)c(=O)n(C)c1. The molecule has 0 unspecified atom stereocenters. The van der Waals surface area contributed by atoms with Crippen molar-refractivity contribution in [1.82, 2.24) is 4.57 Å². The second kappa shape index (κ2) is 9.99. The Morgan fingerprint density at radius 1 is 1.10 bits per heavy atom. The van der Waals surface area contributed by atoms with Crippen molar-refractivity contribution in [2.24, 2.45) is 7.05 Å². The third-order valence-electron chi connectivity index (χ3n) is 5.39. The summed E-state index contributed by atoms with van der Waals surface area (Å²) in [6.45, 7) is 2.12. The van der Waals surface area contributed by atoms with Crippen LogP contribution in [0.15, 0.2) is 59.5 Å². The van der Waals surface area contributed by atoms with Gasteiger partial charge in [0.1, 0.15) is 11.9 Å². The molecule has 0 saturated carbocycles. The van der Waals surface area contributed by atoms with E-state index in [9.17, 15) is 19.2 Å². The van der Waals surface area contributed by atoms with Crippen LogP contribution in [0, 0.1) is 17.1 Å². The molecule has 0 spiro atoms. The van der Waals surface area contributed by atoms with Crippen LogP contribution in [0.25, 0.3) is 11.1 Å². The maximum atomic E-state index is 14.3. The van der Waals surface area contributed by atoms with Gasteiger partial charge in [0.25, 0.3) is 5.56 Å². The Kier molecular flexibility index (Phi) is 7.15. The number of hydrogen-bond acceptors (Lipinski definition) is 3. The lowest BCUT2D eigenvalue weighted by Crippen LogP contribution is -2.25. The van der Waals surface area contributed by atoms with Crippen LogP contribution >= 0.6 is 0 Å². The summed E-state index contributed by atoms with van der Waals surface area (Å²) < 4.78 is 15.7. The molecule has 5 heteroatoms. The monoisotopic (exact) mass is 416 g/mol. The highest BCUT2D eigenvalue weighted by Gasteiger charge is 2.18. The van der Waals surface area contributed by atoms with Gasteiger partial charge in [0.05, 0.1) is 11.1 Å². The number of unbranched alkanes of at least 4 members (excludes halogenated alkanes) is 2. The molecule has 1 heterocycles. The molecular weight excluding hydrogens is 391 g/mol. The van der Waals surface area contributed by atoms with Gasteiger partial charge in [-0.2, -0.15) is 5.26 Å². The number of pyridine rings is 1. The van der Waals surface area contributed by atoms with Crippen LogP contribution in [0.4, 0.5) is 4.39 Å². The predicted octanol–water partition coefficient (Wildman–Crippen LogP) is 5.22. The Hall–Kier alpha value is -3.52. The minimum Gasteiger partial charge on any atom is -0.318 e. The van der Waals surface area contributed by atoms with Crippen molar-refractivity contribution in [1.29, 1.82) is 5.26 Å². The first-order chi connectivity index (χ1) is 15.0. The lowest BCUT2D eigenvalue weighted by Gasteiger charge is -2.11. The second-order valence-corrected chi connectivity index (χ2v) is 7.67. The van der Waals surface area contributed by atoms with Crippen LogP contribution in [0.3, 0.4) is 0 Å². The zero-order valence-corrected chi connectivity index (χ0v) is 17.8. The highest BCUT2D eigenvalue weighted by Crippen LogP contribution is 2.28. The van der Waals surface area contributed by atoms with E-state index in [1.807, 2.05) is 0 Å². The first kappa shape index (κ1) is 22.2. The third-order valence-corrected chi connectivity index (χ3v) is 5.39. The fourth-order valence-electron chi connectivity index (χ4n) is 3.75. The Labute approximate surface area is 181 Å². The standard InChI is InChI=1S/C26H25FN2O2/c1-3-4-5-9-18-14-22(26(31)29(2)17-18)25(30)15-19-10-8-12-20(23(19)16-28)21-11-6-7-13-24(21)27/h6-8,10-14,17H,3-5,9,15H2,1-2H3. The van der Waals surface area contributed by atoms with Gasteiger partial charge in [-0.05, 0) is 36.1 Å². The highest BCUT2D eigenvalue weighted by atomic mass is 19.1. The van der Waals surface area contributed by atoms with Crippen LogP contribution in [0.2, 0.25) is 0 Å². The highest BCUT2D eigenvalue weighted by molar-refractivity contribution is 5.98. The maximum absolute atomic E-state index is 14.3. The van der Waals surface area contributed by atoms with Crippen molar-refractivity contribution >= 4 is 5.78 Å². The van der Waals surface area contributed by atoms with E-state index in [-0.39, 0.29) is 28.9 Å². The molecule has 0 atom stereocenters. The molecule has 0 aliphatic rings. The molecule has 0 aliphatic heterocycles. The van der Waals surface area contributed by atoms with Crippen molar-refractivity contribution in [3.05, 3.63) is 93.2 Å². The minimum atomic E-state index is -0.434. The van der Waals surface area contributed by atoms with Gasteiger partial charge >= 0.3 is 0 Å². The van der Waals surface area contributed by atoms with E-state index in [2.05, 4.69) is 13.0 Å².